The van der Waals surface area contributed by atoms with E-state index in [1.165, 1.54) is 11.8 Å². The van der Waals surface area contributed by atoms with E-state index < -0.39 is 6.04 Å². The molecule has 0 aliphatic carbocycles. The van der Waals surface area contributed by atoms with Crippen molar-refractivity contribution in [1.82, 2.24) is 10.2 Å². The molecule has 0 saturated heterocycles. The minimum absolute atomic E-state index is 0.102. The molecule has 0 aromatic heterocycles. The van der Waals surface area contributed by atoms with Gasteiger partial charge in [0.2, 0.25) is 11.8 Å². The van der Waals surface area contributed by atoms with Gasteiger partial charge in [-0.2, -0.15) is 0 Å². The normalized spacial score (nSPS) is 12.2. The van der Waals surface area contributed by atoms with Gasteiger partial charge in [0.05, 0.1) is 12.9 Å². The Balaban J connectivity index is 2.09. The summed E-state index contributed by atoms with van der Waals surface area (Å²) in [6.45, 7) is 7.79. The first kappa shape index (κ1) is 25.1. The highest BCUT2D eigenvalue weighted by Gasteiger charge is 2.28. The lowest BCUT2D eigenvalue weighted by Crippen LogP contribution is -2.52. The Morgan fingerprint density at radius 2 is 1.77 bits per heavy atom. The molecule has 1 atom stereocenters. The van der Waals surface area contributed by atoms with E-state index in [0.29, 0.717) is 10.8 Å². The number of ether oxygens (including phenoxy) is 1. The molecule has 2 rings (SSSR count). The highest BCUT2D eigenvalue weighted by molar-refractivity contribution is 7.99. The van der Waals surface area contributed by atoms with Crippen molar-refractivity contribution in [3.63, 3.8) is 0 Å². The number of thioether (sulfide) groups is 1. The van der Waals surface area contributed by atoms with Crippen LogP contribution in [0, 0.1) is 0 Å². The van der Waals surface area contributed by atoms with E-state index in [1.54, 1.807) is 25.0 Å². The molecule has 0 aliphatic rings. The third-order valence-electron chi connectivity index (χ3n) is 4.62. The highest BCUT2D eigenvalue weighted by Crippen LogP contribution is 2.21. The molecule has 0 radical (unpaired) electrons. The van der Waals surface area contributed by atoms with Crippen molar-refractivity contribution >= 4 is 35.2 Å². The zero-order valence-corrected chi connectivity index (χ0v) is 20.3. The molecule has 0 heterocycles. The number of amides is 2. The zero-order chi connectivity index (χ0) is 23.0. The molecule has 5 nitrogen and oxygen atoms in total. The molecule has 0 saturated carbocycles. The number of hydrogen-bond acceptors (Lipinski definition) is 4. The average molecular weight is 463 g/mol. The standard InChI is InChI=1S/C24H31ClN2O3S/c1-17(23(29)26-24(2,3)4)27(14-19-8-6-7-9-21(19)25)22(28)16-31-15-18-10-12-20(30-5)13-11-18/h6-13,17H,14-16H2,1-5H3,(H,26,29)/t17-/m0/s1. The molecule has 31 heavy (non-hydrogen) atoms. The van der Waals surface area contributed by atoms with Crippen LogP contribution >= 0.6 is 23.4 Å². The SMILES string of the molecule is COc1ccc(CSCC(=O)N(Cc2ccccc2Cl)[C@@H](C)C(=O)NC(C)(C)C)cc1. The lowest BCUT2D eigenvalue weighted by Gasteiger charge is -2.31. The van der Waals surface area contributed by atoms with Crippen molar-refractivity contribution in [1.29, 1.82) is 0 Å². The maximum atomic E-state index is 13.1. The molecule has 2 aromatic rings. The van der Waals surface area contributed by atoms with Gasteiger partial charge in [0.1, 0.15) is 11.8 Å². The number of nitrogens with zero attached hydrogens (tertiary/aromatic N) is 1. The zero-order valence-electron chi connectivity index (χ0n) is 18.8. The van der Waals surface area contributed by atoms with Gasteiger partial charge >= 0.3 is 0 Å². The van der Waals surface area contributed by atoms with E-state index in [4.69, 9.17) is 16.3 Å². The molecule has 2 aromatic carbocycles. The van der Waals surface area contributed by atoms with Gasteiger partial charge in [-0.3, -0.25) is 9.59 Å². The van der Waals surface area contributed by atoms with E-state index in [2.05, 4.69) is 5.32 Å². The van der Waals surface area contributed by atoms with Crippen molar-refractivity contribution < 1.29 is 14.3 Å². The summed E-state index contributed by atoms with van der Waals surface area (Å²) in [6.07, 6.45) is 0. The summed E-state index contributed by atoms with van der Waals surface area (Å²) in [5.41, 5.74) is 1.54. The molecular formula is C24H31ClN2O3S. The monoisotopic (exact) mass is 462 g/mol. The van der Waals surface area contributed by atoms with Crippen molar-refractivity contribution in [3.8, 4) is 5.75 Å². The second kappa shape index (κ2) is 11.4. The van der Waals surface area contributed by atoms with Crippen LogP contribution in [0.25, 0.3) is 0 Å². The predicted octanol–water partition coefficient (Wildman–Crippen LogP) is 4.91. The summed E-state index contributed by atoms with van der Waals surface area (Å²) in [4.78, 5) is 27.5. The van der Waals surface area contributed by atoms with Crippen LogP contribution in [0.15, 0.2) is 48.5 Å². The predicted molar refractivity (Wildman–Crippen MR) is 129 cm³/mol. The second-order valence-corrected chi connectivity index (χ2v) is 9.76. The van der Waals surface area contributed by atoms with Crippen molar-refractivity contribution in [2.75, 3.05) is 12.9 Å². The summed E-state index contributed by atoms with van der Waals surface area (Å²) in [5, 5.41) is 3.54. The smallest absolute Gasteiger partial charge is 0.242 e. The summed E-state index contributed by atoms with van der Waals surface area (Å²) in [7, 11) is 1.63. The number of benzene rings is 2. The molecule has 2 amide bonds. The van der Waals surface area contributed by atoms with E-state index in [-0.39, 0.29) is 29.7 Å². The topological polar surface area (TPSA) is 58.6 Å². The summed E-state index contributed by atoms with van der Waals surface area (Å²) in [6, 6.07) is 14.5. The lowest BCUT2D eigenvalue weighted by molar-refractivity contribution is -0.139. The molecule has 0 unspecified atom stereocenters. The second-order valence-electron chi connectivity index (χ2n) is 8.37. The highest BCUT2D eigenvalue weighted by atomic mass is 35.5. The molecule has 0 bridgehead atoms. The Bertz CT molecular complexity index is 881. The number of methoxy groups -OCH3 is 1. The number of nitrogens with one attached hydrogen (secondary N) is 1. The molecule has 0 aliphatic heterocycles. The van der Waals surface area contributed by atoms with Gasteiger partial charge in [0.25, 0.3) is 0 Å². The Kier molecular flexibility index (Phi) is 9.26. The maximum Gasteiger partial charge on any atom is 0.242 e. The van der Waals surface area contributed by atoms with Gasteiger partial charge in [-0.05, 0) is 57.0 Å². The largest absolute Gasteiger partial charge is 0.497 e. The molecular weight excluding hydrogens is 432 g/mol. The molecule has 168 valence electrons. The Labute approximate surface area is 194 Å². The fourth-order valence-corrected chi connectivity index (χ4v) is 3.99. The first-order chi connectivity index (χ1) is 14.6. The molecule has 0 spiro atoms. The van der Waals surface area contributed by atoms with Crippen LogP contribution < -0.4 is 10.1 Å². The average Bonchev–Trinajstić information content (AvgIpc) is 2.72. The van der Waals surface area contributed by atoms with Crippen LogP contribution in [0.4, 0.5) is 0 Å². The van der Waals surface area contributed by atoms with Crippen LogP contribution in [-0.4, -0.2) is 41.2 Å². The van der Waals surface area contributed by atoms with E-state index in [9.17, 15) is 9.59 Å². The van der Waals surface area contributed by atoms with Crippen molar-refractivity contribution in [2.24, 2.45) is 0 Å². The minimum atomic E-state index is -0.621. The number of hydrogen-bond donors (Lipinski definition) is 1. The van der Waals surface area contributed by atoms with Crippen LogP contribution in [0.2, 0.25) is 5.02 Å². The quantitative estimate of drug-likeness (QED) is 0.575. The van der Waals surface area contributed by atoms with E-state index in [0.717, 1.165) is 16.9 Å². The van der Waals surface area contributed by atoms with Crippen LogP contribution in [0.3, 0.4) is 0 Å². The van der Waals surface area contributed by atoms with E-state index in [1.807, 2.05) is 63.2 Å². The first-order valence-corrected chi connectivity index (χ1v) is 11.7. The minimum Gasteiger partial charge on any atom is -0.497 e. The lowest BCUT2D eigenvalue weighted by atomic mass is 10.1. The summed E-state index contributed by atoms with van der Waals surface area (Å²) in [5.74, 6) is 1.47. The molecule has 1 N–H and O–H groups in total. The number of carbonyl (C=O) groups excluding carboxylic acids is 2. The van der Waals surface area contributed by atoms with Crippen molar-refractivity contribution in [3.05, 3.63) is 64.7 Å². The Morgan fingerprint density at radius 3 is 2.35 bits per heavy atom. The number of halogens is 1. The first-order valence-electron chi connectivity index (χ1n) is 10.2. The number of carbonyl (C=O) groups is 2. The fourth-order valence-electron chi connectivity index (χ4n) is 2.93. The maximum absolute atomic E-state index is 13.1. The fraction of sp³-hybridized carbons (Fsp3) is 0.417. The van der Waals surface area contributed by atoms with Gasteiger partial charge in [-0.1, -0.05) is 41.9 Å². The van der Waals surface area contributed by atoms with Gasteiger partial charge in [0.15, 0.2) is 0 Å². The summed E-state index contributed by atoms with van der Waals surface area (Å²) >= 11 is 7.84. The van der Waals surface area contributed by atoms with Gasteiger partial charge in [-0.15, -0.1) is 11.8 Å². The van der Waals surface area contributed by atoms with Gasteiger partial charge < -0.3 is 15.0 Å². The van der Waals surface area contributed by atoms with Gasteiger partial charge in [0, 0.05) is 22.9 Å². The van der Waals surface area contributed by atoms with Crippen molar-refractivity contribution in [2.45, 2.75) is 51.6 Å². The third kappa shape index (κ3) is 8.11. The molecule has 0 fully saturated rings. The Hall–Kier alpha value is -2.18. The molecule has 7 heteroatoms. The van der Waals surface area contributed by atoms with Crippen LogP contribution in [0.1, 0.15) is 38.8 Å². The number of rotatable bonds is 9. The third-order valence-corrected chi connectivity index (χ3v) is 5.97. The van der Waals surface area contributed by atoms with Gasteiger partial charge in [-0.25, -0.2) is 0 Å². The van der Waals surface area contributed by atoms with Crippen LogP contribution in [-0.2, 0) is 21.9 Å². The summed E-state index contributed by atoms with van der Waals surface area (Å²) < 4.78 is 5.18. The van der Waals surface area contributed by atoms with E-state index >= 15 is 0 Å². The Morgan fingerprint density at radius 1 is 1.13 bits per heavy atom. The van der Waals surface area contributed by atoms with Crippen LogP contribution in [0.5, 0.6) is 5.75 Å².